The van der Waals surface area contributed by atoms with Crippen molar-refractivity contribution in [1.29, 1.82) is 0 Å². The van der Waals surface area contributed by atoms with E-state index < -0.39 is 54.5 Å². The Labute approximate surface area is 194 Å². The zero-order chi connectivity index (χ0) is 25.3. The number of imidazole rings is 1. The summed E-state index contributed by atoms with van der Waals surface area (Å²) in [4.78, 5) is 54.9. The number of aromatic nitrogens is 2. The van der Waals surface area contributed by atoms with Gasteiger partial charge in [-0.3, -0.25) is 14.4 Å². The molecule has 4 unspecified atom stereocenters. The molecule has 4 atom stereocenters. The normalized spacial score (nSPS) is 14.3. The van der Waals surface area contributed by atoms with E-state index in [0.29, 0.717) is 11.3 Å². The van der Waals surface area contributed by atoms with E-state index in [1.165, 1.54) is 31.6 Å². The minimum Gasteiger partial charge on any atom is -0.508 e. The molecule has 3 amide bonds. The van der Waals surface area contributed by atoms with Crippen molar-refractivity contribution in [2.45, 2.75) is 44.0 Å². The summed E-state index contributed by atoms with van der Waals surface area (Å²) in [5.41, 5.74) is 7.06. The Hall–Kier alpha value is -3.97. The summed E-state index contributed by atoms with van der Waals surface area (Å²) in [5, 5.41) is 35.4. The number of nitrogens with zero attached hydrogens (tertiary/aromatic N) is 1. The molecule has 0 aliphatic heterocycles. The molecule has 13 nitrogen and oxygen atoms in total. The number of aromatic hydroxyl groups is 1. The van der Waals surface area contributed by atoms with Gasteiger partial charge in [-0.1, -0.05) is 12.1 Å². The lowest BCUT2D eigenvalue weighted by atomic mass is 10.0. The summed E-state index contributed by atoms with van der Waals surface area (Å²) in [6.07, 6.45) is 1.57. The number of benzene rings is 1. The number of phenolic OH excluding ortho intramolecular Hbond substituents is 1. The number of nitrogens with one attached hydrogen (secondary N) is 4. The van der Waals surface area contributed by atoms with Crippen molar-refractivity contribution < 1.29 is 34.5 Å². The first-order chi connectivity index (χ1) is 16.1. The van der Waals surface area contributed by atoms with E-state index in [1.807, 2.05) is 0 Å². The zero-order valence-corrected chi connectivity index (χ0v) is 18.4. The smallest absolute Gasteiger partial charge is 0.326 e. The lowest BCUT2D eigenvalue weighted by molar-refractivity contribution is -0.141. The first-order valence-corrected chi connectivity index (χ1v) is 10.4. The van der Waals surface area contributed by atoms with Crippen molar-refractivity contribution in [2.75, 3.05) is 6.54 Å². The monoisotopic (exact) mass is 476 g/mol. The van der Waals surface area contributed by atoms with E-state index in [1.54, 1.807) is 12.1 Å². The molecule has 2 rings (SSSR count). The summed E-state index contributed by atoms with van der Waals surface area (Å²) >= 11 is 0. The minimum atomic E-state index is -1.40. The molecular weight excluding hydrogens is 448 g/mol. The molecule has 0 saturated carbocycles. The van der Waals surface area contributed by atoms with E-state index in [0.717, 1.165) is 0 Å². The van der Waals surface area contributed by atoms with Crippen LogP contribution in [0.5, 0.6) is 5.75 Å². The van der Waals surface area contributed by atoms with Crippen LogP contribution in [0.1, 0.15) is 18.2 Å². The highest BCUT2D eigenvalue weighted by Gasteiger charge is 2.28. The summed E-state index contributed by atoms with van der Waals surface area (Å²) in [6.45, 7) is 0.700. The highest BCUT2D eigenvalue weighted by Crippen LogP contribution is 2.11. The van der Waals surface area contributed by atoms with Crippen LogP contribution in [0.25, 0.3) is 0 Å². The molecule has 34 heavy (non-hydrogen) atoms. The maximum absolute atomic E-state index is 12.5. The number of nitrogens with two attached hydrogens (primary N) is 1. The Morgan fingerprint density at radius 2 is 1.76 bits per heavy atom. The van der Waals surface area contributed by atoms with Gasteiger partial charge in [0.1, 0.15) is 17.8 Å². The molecule has 2 aromatic rings. The lowest BCUT2D eigenvalue weighted by Gasteiger charge is -2.23. The molecule has 0 fully saturated rings. The van der Waals surface area contributed by atoms with E-state index >= 15 is 0 Å². The van der Waals surface area contributed by atoms with Gasteiger partial charge in [-0.15, -0.1) is 0 Å². The van der Waals surface area contributed by atoms with Crippen LogP contribution >= 0.6 is 0 Å². The predicted octanol–water partition coefficient (Wildman–Crippen LogP) is -2.22. The number of aliphatic carboxylic acids is 1. The van der Waals surface area contributed by atoms with Crippen LogP contribution in [0.15, 0.2) is 36.8 Å². The zero-order valence-electron chi connectivity index (χ0n) is 18.4. The Bertz CT molecular complexity index is 978. The van der Waals surface area contributed by atoms with Gasteiger partial charge in [-0.05, 0) is 31.0 Å². The average Bonchev–Trinajstić information content (AvgIpc) is 3.29. The fraction of sp³-hybridized carbons (Fsp3) is 0.381. The molecule has 1 heterocycles. The maximum Gasteiger partial charge on any atom is 0.326 e. The first kappa shape index (κ1) is 26.3. The molecule has 9 N–H and O–H groups in total. The third kappa shape index (κ3) is 8.18. The number of hydrogen-bond acceptors (Lipinski definition) is 8. The van der Waals surface area contributed by atoms with Crippen molar-refractivity contribution in [3.63, 3.8) is 0 Å². The Kier molecular flexibility index (Phi) is 9.52. The molecule has 1 aromatic carbocycles. The van der Waals surface area contributed by atoms with Gasteiger partial charge >= 0.3 is 5.97 Å². The molecule has 184 valence electrons. The summed E-state index contributed by atoms with van der Waals surface area (Å²) in [6, 6.07) is 2.39. The van der Waals surface area contributed by atoms with Gasteiger partial charge in [0.05, 0.1) is 25.0 Å². The van der Waals surface area contributed by atoms with Crippen LogP contribution in [0.3, 0.4) is 0 Å². The molecule has 1 aromatic heterocycles. The number of carboxylic acid groups (broad SMARTS) is 1. The van der Waals surface area contributed by atoms with Crippen molar-refractivity contribution in [1.82, 2.24) is 25.9 Å². The second-order valence-corrected chi connectivity index (χ2v) is 7.66. The standard InChI is InChI=1S/C21H28N6O7/c1-11(28)18(27-19(31)15(22)6-12-2-4-14(29)5-3-12)20(32)24-9-17(30)26-16(21(33)34)7-13-8-23-10-25-13/h2-5,8,10-11,15-16,18,28-29H,6-7,9,22H2,1H3,(H,23,25)(H,24,32)(H,26,30)(H,27,31)(H,33,34). The van der Waals surface area contributed by atoms with Gasteiger partial charge in [0.25, 0.3) is 0 Å². The largest absolute Gasteiger partial charge is 0.508 e. The quantitative estimate of drug-likeness (QED) is 0.166. The Balaban J connectivity index is 1.88. The van der Waals surface area contributed by atoms with Crippen LogP contribution in [-0.2, 0) is 32.0 Å². The Morgan fingerprint density at radius 3 is 2.32 bits per heavy atom. The molecular formula is C21H28N6O7. The van der Waals surface area contributed by atoms with Gasteiger partial charge in [0, 0.05) is 18.3 Å². The van der Waals surface area contributed by atoms with Crippen molar-refractivity contribution in [3.8, 4) is 5.75 Å². The highest BCUT2D eigenvalue weighted by molar-refractivity contribution is 5.93. The van der Waals surface area contributed by atoms with Crippen LogP contribution in [0.4, 0.5) is 0 Å². The van der Waals surface area contributed by atoms with E-state index in [2.05, 4.69) is 25.9 Å². The predicted molar refractivity (Wildman–Crippen MR) is 118 cm³/mol. The highest BCUT2D eigenvalue weighted by atomic mass is 16.4. The second kappa shape index (κ2) is 12.3. The van der Waals surface area contributed by atoms with Crippen LogP contribution in [0, 0.1) is 0 Å². The first-order valence-electron chi connectivity index (χ1n) is 10.4. The molecule has 0 aliphatic carbocycles. The number of amides is 3. The average molecular weight is 476 g/mol. The maximum atomic E-state index is 12.5. The number of aliphatic hydroxyl groups is 1. The fourth-order valence-corrected chi connectivity index (χ4v) is 2.98. The second-order valence-electron chi connectivity index (χ2n) is 7.66. The molecule has 0 aliphatic rings. The summed E-state index contributed by atoms with van der Waals surface area (Å²) < 4.78 is 0. The van der Waals surface area contributed by atoms with Crippen molar-refractivity contribution in [2.24, 2.45) is 5.73 Å². The number of aromatic amines is 1. The van der Waals surface area contributed by atoms with Gasteiger partial charge in [-0.25, -0.2) is 9.78 Å². The molecule has 0 bridgehead atoms. The van der Waals surface area contributed by atoms with Crippen LogP contribution in [-0.4, -0.2) is 79.8 Å². The van der Waals surface area contributed by atoms with Crippen molar-refractivity contribution in [3.05, 3.63) is 48.0 Å². The molecule has 13 heteroatoms. The van der Waals surface area contributed by atoms with Crippen LogP contribution in [0.2, 0.25) is 0 Å². The minimum absolute atomic E-state index is 0.0414. The van der Waals surface area contributed by atoms with Crippen molar-refractivity contribution >= 4 is 23.7 Å². The summed E-state index contributed by atoms with van der Waals surface area (Å²) in [5.74, 6) is -3.54. The molecule has 0 spiro atoms. The Morgan fingerprint density at radius 1 is 1.09 bits per heavy atom. The number of carbonyl (C=O) groups excluding carboxylic acids is 3. The van der Waals surface area contributed by atoms with E-state index in [9.17, 15) is 34.5 Å². The van der Waals surface area contributed by atoms with Gasteiger partial charge in [-0.2, -0.15) is 0 Å². The van der Waals surface area contributed by atoms with Gasteiger partial charge in [0.15, 0.2) is 0 Å². The topological polar surface area (TPSA) is 220 Å². The SMILES string of the molecule is CC(O)C(NC(=O)C(N)Cc1ccc(O)cc1)C(=O)NCC(=O)NC(Cc1cnc[nH]1)C(=O)O. The fourth-order valence-electron chi connectivity index (χ4n) is 2.98. The number of aliphatic hydroxyl groups excluding tert-OH is 1. The number of phenols is 1. The number of hydrogen-bond donors (Lipinski definition) is 8. The lowest BCUT2D eigenvalue weighted by Crippen LogP contribution is -2.57. The number of H-pyrrole nitrogens is 1. The third-order valence-electron chi connectivity index (χ3n) is 4.83. The van der Waals surface area contributed by atoms with Gasteiger partial charge in [0.2, 0.25) is 17.7 Å². The van der Waals surface area contributed by atoms with E-state index in [4.69, 9.17) is 5.73 Å². The number of rotatable bonds is 12. The van der Waals surface area contributed by atoms with E-state index in [-0.39, 0.29) is 18.6 Å². The third-order valence-corrected chi connectivity index (χ3v) is 4.83. The molecule has 0 radical (unpaired) electrons. The number of carboxylic acids is 1. The van der Waals surface area contributed by atoms with Crippen LogP contribution < -0.4 is 21.7 Å². The number of carbonyl (C=O) groups is 4. The summed E-state index contributed by atoms with van der Waals surface area (Å²) in [7, 11) is 0. The molecule has 0 saturated heterocycles. The van der Waals surface area contributed by atoms with Gasteiger partial charge < -0.3 is 42.0 Å².